The first-order valence-corrected chi connectivity index (χ1v) is 7.86. The monoisotopic (exact) mass is 280 g/mol. The molecule has 0 saturated carbocycles. The van der Waals surface area contributed by atoms with Crippen molar-refractivity contribution in [3.05, 3.63) is 28.8 Å². The lowest BCUT2D eigenvalue weighted by Gasteiger charge is -2.34. The number of hydrogen-bond acceptors (Lipinski definition) is 2. The molecule has 0 spiro atoms. The van der Waals surface area contributed by atoms with Crippen molar-refractivity contribution in [2.24, 2.45) is 5.92 Å². The zero-order chi connectivity index (χ0) is 13.7. The molecule has 1 aromatic rings. The van der Waals surface area contributed by atoms with Crippen molar-refractivity contribution in [1.82, 2.24) is 5.32 Å². The van der Waals surface area contributed by atoms with Crippen LogP contribution >= 0.6 is 11.6 Å². The lowest BCUT2D eigenvalue weighted by atomic mass is 9.95. The summed E-state index contributed by atoms with van der Waals surface area (Å²) in [5, 5.41) is 4.23. The molecule has 3 heteroatoms. The average molecular weight is 281 g/mol. The van der Waals surface area contributed by atoms with E-state index in [1.54, 1.807) is 0 Å². The lowest BCUT2D eigenvalue weighted by Crippen LogP contribution is -2.35. The summed E-state index contributed by atoms with van der Waals surface area (Å²) in [7, 11) is 0. The minimum Gasteiger partial charge on any atom is -0.370 e. The van der Waals surface area contributed by atoms with Crippen LogP contribution in [0.2, 0.25) is 5.02 Å². The molecule has 2 nitrogen and oxygen atoms in total. The molecule has 1 heterocycles. The molecule has 2 rings (SSSR count). The van der Waals surface area contributed by atoms with Gasteiger partial charge in [0.2, 0.25) is 0 Å². The van der Waals surface area contributed by atoms with E-state index in [4.69, 9.17) is 11.6 Å². The number of nitrogens with zero attached hydrogens (tertiary/aromatic N) is 1. The minimum atomic E-state index is 0.825. The van der Waals surface area contributed by atoms with Gasteiger partial charge in [-0.25, -0.2) is 0 Å². The second-order valence-corrected chi connectivity index (χ2v) is 5.84. The summed E-state index contributed by atoms with van der Waals surface area (Å²) in [6, 6.07) is 6.49. The summed E-state index contributed by atoms with van der Waals surface area (Å²) in [6.07, 6.45) is 3.92. The normalized spacial score (nSPS) is 19.7. The maximum Gasteiger partial charge on any atom is 0.0642 e. The molecule has 106 valence electrons. The number of benzene rings is 1. The van der Waals surface area contributed by atoms with Crippen molar-refractivity contribution in [2.75, 3.05) is 24.5 Å². The molecule has 19 heavy (non-hydrogen) atoms. The molecule has 1 fully saturated rings. The van der Waals surface area contributed by atoms with Crippen molar-refractivity contribution >= 4 is 17.3 Å². The van der Waals surface area contributed by atoms with E-state index < -0.39 is 0 Å². The van der Waals surface area contributed by atoms with Gasteiger partial charge in [-0.05, 0) is 43.0 Å². The highest BCUT2D eigenvalue weighted by Gasteiger charge is 2.20. The van der Waals surface area contributed by atoms with Crippen LogP contribution in [0.15, 0.2) is 18.2 Å². The third kappa shape index (κ3) is 3.87. The maximum atomic E-state index is 6.46. The zero-order valence-electron chi connectivity index (χ0n) is 12.1. The summed E-state index contributed by atoms with van der Waals surface area (Å²) < 4.78 is 0. The first kappa shape index (κ1) is 14.7. The Morgan fingerprint density at radius 2 is 2.21 bits per heavy atom. The summed E-state index contributed by atoms with van der Waals surface area (Å²) in [5.74, 6) is 0.825. The Balaban J connectivity index is 2.07. The fourth-order valence-corrected chi connectivity index (χ4v) is 3.13. The van der Waals surface area contributed by atoms with Crippen LogP contribution in [-0.2, 0) is 6.54 Å². The molecule has 0 aliphatic carbocycles. The number of hydrogen-bond donors (Lipinski definition) is 1. The van der Waals surface area contributed by atoms with Crippen LogP contribution in [0, 0.1) is 5.92 Å². The van der Waals surface area contributed by atoms with Gasteiger partial charge < -0.3 is 10.2 Å². The third-order valence-electron chi connectivity index (χ3n) is 4.03. The molecular formula is C16H25ClN2. The SMILES string of the molecule is CCNCc1ccc(N2CCCC(CC)C2)c(Cl)c1. The van der Waals surface area contributed by atoms with Crippen LogP contribution in [0.1, 0.15) is 38.7 Å². The van der Waals surface area contributed by atoms with Gasteiger partial charge in [-0.2, -0.15) is 0 Å². The molecule has 0 radical (unpaired) electrons. The standard InChI is InChI=1S/C16H25ClN2/c1-3-13-6-5-9-19(12-13)16-8-7-14(10-15(16)17)11-18-4-2/h7-8,10,13,18H,3-6,9,11-12H2,1-2H3. The Kier molecular flexibility index (Phi) is 5.53. The Bertz CT molecular complexity index is 406. The van der Waals surface area contributed by atoms with E-state index in [1.807, 2.05) is 0 Å². The highest BCUT2D eigenvalue weighted by molar-refractivity contribution is 6.33. The molecule has 0 amide bonds. The Hall–Kier alpha value is -0.730. The van der Waals surface area contributed by atoms with Gasteiger partial charge in [0.05, 0.1) is 10.7 Å². The van der Waals surface area contributed by atoms with Crippen LogP contribution in [0.3, 0.4) is 0 Å². The van der Waals surface area contributed by atoms with Gasteiger partial charge >= 0.3 is 0 Å². The van der Waals surface area contributed by atoms with Gasteiger partial charge in [-0.15, -0.1) is 0 Å². The van der Waals surface area contributed by atoms with Crippen molar-refractivity contribution in [2.45, 2.75) is 39.7 Å². The number of halogens is 1. The number of rotatable bonds is 5. The average Bonchev–Trinajstić information content (AvgIpc) is 2.45. The summed E-state index contributed by atoms with van der Waals surface area (Å²) in [6.45, 7) is 8.59. The quantitative estimate of drug-likeness (QED) is 0.874. The van der Waals surface area contributed by atoms with Crippen molar-refractivity contribution in [1.29, 1.82) is 0 Å². The molecule has 1 unspecified atom stereocenters. The van der Waals surface area contributed by atoms with Gasteiger partial charge in [0.1, 0.15) is 0 Å². The number of anilines is 1. The predicted molar refractivity (Wildman–Crippen MR) is 84.1 cm³/mol. The van der Waals surface area contributed by atoms with Crippen LogP contribution in [0.5, 0.6) is 0 Å². The smallest absolute Gasteiger partial charge is 0.0642 e. The summed E-state index contributed by atoms with van der Waals surface area (Å²) >= 11 is 6.46. The van der Waals surface area contributed by atoms with Gasteiger partial charge in [-0.3, -0.25) is 0 Å². The topological polar surface area (TPSA) is 15.3 Å². The Morgan fingerprint density at radius 1 is 1.37 bits per heavy atom. The van der Waals surface area contributed by atoms with Gasteiger partial charge in [0.25, 0.3) is 0 Å². The minimum absolute atomic E-state index is 0.825. The predicted octanol–water partition coefficient (Wildman–Crippen LogP) is 4.08. The van der Waals surface area contributed by atoms with Crippen LogP contribution in [0.4, 0.5) is 5.69 Å². The molecule has 1 aliphatic heterocycles. The molecule has 0 aromatic heterocycles. The van der Waals surface area contributed by atoms with E-state index in [0.29, 0.717) is 0 Å². The molecule has 0 bridgehead atoms. The third-order valence-corrected chi connectivity index (χ3v) is 4.33. The zero-order valence-corrected chi connectivity index (χ0v) is 12.8. The van der Waals surface area contributed by atoms with Crippen molar-refractivity contribution in [3.63, 3.8) is 0 Å². The second kappa shape index (κ2) is 7.16. The van der Waals surface area contributed by atoms with E-state index in [2.05, 4.69) is 42.3 Å². The highest BCUT2D eigenvalue weighted by atomic mass is 35.5. The van der Waals surface area contributed by atoms with Crippen LogP contribution < -0.4 is 10.2 Å². The van der Waals surface area contributed by atoms with Gasteiger partial charge in [-0.1, -0.05) is 37.9 Å². The van der Waals surface area contributed by atoms with Crippen LogP contribution in [0.25, 0.3) is 0 Å². The first-order chi connectivity index (χ1) is 9.24. The highest BCUT2D eigenvalue weighted by Crippen LogP contribution is 2.31. The van der Waals surface area contributed by atoms with Crippen molar-refractivity contribution in [3.8, 4) is 0 Å². The molecule has 1 aromatic carbocycles. The number of nitrogens with one attached hydrogen (secondary N) is 1. The fourth-order valence-electron chi connectivity index (χ4n) is 2.80. The van der Waals surface area contributed by atoms with E-state index >= 15 is 0 Å². The summed E-state index contributed by atoms with van der Waals surface area (Å²) in [4.78, 5) is 2.46. The Labute approximate surface area is 122 Å². The van der Waals surface area contributed by atoms with Crippen molar-refractivity contribution < 1.29 is 0 Å². The Morgan fingerprint density at radius 3 is 2.89 bits per heavy atom. The molecule has 1 atom stereocenters. The van der Waals surface area contributed by atoms with E-state index in [1.165, 1.54) is 30.5 Å². The fraction of sp³-hybridized carbons (Fsp3) is 0.625. The van der Waals surface area contributed by atoms with E-state index in [0.717, 1.165) is 37.1 Å². The largest absolute Gasteiger partial charge is 0.370 e. The molecule has 1 aliphatic rings. The first-order valence-electron chi connectivity index (χ1n) is 7.48. The summed E-state index contributed by atoms with van der Waals surface area (Å²) in [5.41, 5.74) is 2.47. The maximum absolute atomic E-state index is 6.46. The lowest BCUT2D eigenvalue weighted by molar-refractivity contribution is 0.405. The molecule has 1 saturated heterocycles. The van der Waals surface area contributed by atoms with Gasteiger partial charge in [0.15, 0.2) is 0 Å². The van der Waals surface area contributed by atoms with Gasteiger partial charge in [0, 0.05) is 19.6 Å². The van der Waals surface area contributed by atoms with Crippen LogP contribution in [-0.4, -0.2) is 19.6 Å². The molecular weight excluding hydrogens is 256 g/mol. The number of piperidine rings is 1. The van der Waals surface area contributed by atoms with E-state index in [-0.39, 0.29) is 0 Å². The second-order valence-electron chi connectivity index (χ2n) is 5.43. The van der Waals surface area contributed by atoms with E-state index in [9.17, 15) is 0 Å². The molecule has 1 N–H and O–H groups in total.